The molecule has 480 valence electrons. The summed E-state index contributed by atoms with van der Waals surface area (Å²) in [5.41, 5.74) is 11.1. The zero-order valence-electron chi connectivity index (χ0n) is 51.0. The summed E-state index contributed by atoms with van der Waals surface area (Å²) in [5.74, 6) is -0.829. The summed E-state index contributed by atoms with van der Waals surface area (Å²) in [6.07, 6.45) is 12.4. The standard InChI is InChI=1S/C37H26ClFN6O3.C23H17ClN4O.C14H11FN2O3/c38-32-30(19-20-40-36(32)43-33(23-7-3-1-4-8-23)24-9-5-2-6-10-24)48-31-18-15-27(21-41-31)42-37(47)29-22-45(28-16-17-28)44-34(35(29)46)25-11-13-26(39)14-12-25;24-21-19(29-20-12-11-18(25)15-27-20)13-14-26-23(21)28-22(16-7-3-1-4-8-16)17-9-5-2-6-10-17;15-9-3-1-8(2-4-9)12-13(18)11(14(19)20)7-17(16-12)10-5-6-10/h1-15,18-22,28H,16-17H2,(H,42,47);1-15H,25H2;1-4,7,10H,5-6H2,(H,19,20). The maximum Gasteiger partial charge on any atom is 0.341 e. The van der Waals surface area contributed by atoms with Crippen LogP contribution in [0.5, 0.6) is 23.3 Å². The lowest BCUT2D eigenvalue weighted by atomic mass is 10.0. The molecule has 0 spiro atoms. The molecule has 97 heavy (non-hydrogen) atoms. The van der Waals surface area contributed by atoms with Crippen LogP contribution < -0.4 is 31.4 Å². The van der Waals surface area contributed by atoms with Gasteiger partial charge in [-0.15, -0.1) is 0 Å². The van der Waals surface area contributed by atoms with Gasteiger partial charge in [-0.1, -0.05) is 145 Å². The Bertz CT molecular complexity index is 4910. The predicted octanol–water partition coefficient (Wildman–Crippen LogP) is 15.8. The molecule has 14 rings (SSSR count). The smallest absolute Gasteiger partial charge is 0.341 e. The Balaban J connectivity index is 0.000000154. The van der Waals surface area contributed by atoms with E-state index < -0.39 is 34.4 Å². The third kappa shape index (κ3) is 16.2. The third-order valence-electron chi connectivity index (χ3n) is 14.9. The molecule has 1 amide bonds. The number of hydrogen-bond acceptors (Lipinski definition) is 15. The van der Waals surface area contributed by atoms with Crippen molar-refractivity contribution in [1.29, 1.82) is 0 Å². The minimum atomic E-state index is -1.28. The van der Waals surface area contributed by atoms with Gasteiger partial charge in [0.15, 0.2) is 23.1 Å². The van der Waals surface area contributed by atoms with Crippen LogP contribution in [-0.2, 0) is 0 Å². The number of aliphatic imine (C=N–C) groups is 2. The second-order valence-corrected chi connectivity index (χ2v) is 22.7. The minimum absolute atomic E-state index is 0.0387. The van der Waals surface area contributed by atoms with E-state index in [1.54, 1.807) is 53.5 Å². The normalized spacial score (nSPS) is 12.1. The van der Waals surface area contributed by atoms with Gasteiger partial charge in [0, 0.05) is 82.4 Å². The number of carboxylic acids is 1. The molecule has 12 aromatic rings. The summed E-state index contributed by atoms with van der Waals surface area (Å²) in [6, 6.07) is 60.0. The lowest BCUT2D eigenvalue weighted by molar-refractivity contribution is 0.0693. The van der Waals surface area contributed by atoms with E-state index in [1.807, 2.05) is 121 Å². The minimum Gasteiger partial charge on any atom is -0.477 e. The molecular weight excluding hydrogens is 1280 g/mol. The van der Waals surface area contributed by atoms with E-state index in [0.29, 0.717) is 56.4 Å². The Hall–Kier alpha value is -12.2. The summed E-state index contributed by atoms with van der Waals surface area (Å²) in [5, 5.41) is 21.0. The molecule has 19 nitrogen and oxygen atoms in total. The maximum atomic E-state index is 13.5. The Morgan fingerprint density at radius 3 is 1.27 bits per heavy atom. The van der Waals surface area contributed by atoms with Gasteiger partial charge in [-0.3, -0.25) is 23.7 Å². The highest BCUT2D eigenvalue weighted by Gasteiger charge is 2.29. The molecule has 6 aromatic carbocycles. The fraction of sp³-hybridized carbons (Fsp3) is 0.0811. The van der Waals surface area contributed by atoms with Crippen molar-refractivity contribution in [3.05, 3.63) is 319 Å². The molecule has 0 atom stereocenters. The van der Waals surface area contributed by atoms with E-state index in [2.05, 4.69) is 35.5 Å². The number of anilines is 2. The number of hydrogen-bond donors (Lipinski definition) is 3. The van der Waals surface area contributed by atoms with Crippen molar-refractivity contribution in [3.63, 3.8) is 0 Å². The summed E-state index contributed by atoms with van der Waals surface area (Å²) in [4.78, 5) is 76.7. The number of carbonyl (C=O) groups is 2. The first-order valence-corrected chi connectivity index (χ1v) is 31.0. The molecule has 4 N–H and O–H groups in total. The maximum absolute atomic E-state index is 13.5. The highest BCUT2D eigenvalue weighted by molar-refractivity contribution is 6.35. The molecule has 0 aliphatic heterocycles. The second-order valence-electron chi connectivity index (χ2n) is 21.9. The van der Waals surface area contributed by atoms with Crippen molar-refractivity contribution >= 4 is 69.5 Å². The number of nitrogen functional groups attached to an aromatic ring is 1. The number of rotatable bonds is 17. The van der Waals surface area contributed by atoms with Crippen LogP contribution in [0.25, 0.3) is 22.5 Å². The zero-order chi connectivity index (χ0) is 67.4. The number of nitrogens with zero attached hydrogens (tertiary/aromatic N) is 10. The van der Waals surface area contributed by atoms with Crippen molar-refractivity contribution in [2.75, 3.05) is 11.1 Å². The Morgan fingerprint density at radius 1 is 0.505 bits per heavy atom. The van der Waals surface area contributed by atoms with E-state index in [1.165, 1.54) is 78.0 Å². The molecule has 23 heteroatoms. The lowest BCUT2D eigenvalue weighted by Crippen LogP contribution is -2.26. The number of ether oxygens (including phenoxy) is 2. The van der Waals surface area contributed by atoms with Crippen molar-refractivity contribution in [2.45, 2.75) is 37.8 Å². The van der Waals surface area contributed by atoms with Crippen LogP contribution in [-0.4, -0.2) is 67.9 Å². The number of nitrogens with one attached hydrogen (secondary N) is 1. The predicted molar refractivity (Wildman–Crippen MR) is 367 cm³/mol. The van der Waals surface area contributed by atoms with Crippen molar-refractivity contribution < 1.29 is 33.0 Å². The molecule has 0 radical (unpaired) electrons. The molecule has 0 bridgehead atoms. The summed E-state index contributed by atoms with van der Waals surface area (Å²) in [7, 11) is 0. The fourth-order valence-electron chi connectivity index (χ4n) is 9.70. The molecule has 2 aliphatic rings. The van der Waals surface area contributed by atoms with Crippen molar-refractivity contribution in [2.24, 2.45) is 9.98 Å². The van der Waals surface area contributed by atoms with Crippen LogP contribution >= 0.6 is 23.2 Å². The second kappa shape index (κ2) is 29.8. The van der Waals surface area contributed by atoms with Crippen LogP contribution in [0, 0.1) is 11.6 Å². The first-order valence-electron chi connectivity index (χ1n) is 30.2. The van der Waals surface area contributed by atoms with E-state index in [9.17, 15) is 28.0 Å². The molecule has 6 heterocycles. The Kier molecular flexibility index (Phi) is 19.9. The number of carbonyl (C=O) groups excluding carboxylic acids is 1. The molecule has 2 fully saturated rings. The lowest BCUT2D eigenvalue weighted by Gasteiger charge is -2.12. The van der Waals surface area contributed by atoms with Gasteiger partial charge in [-0.2, -0.15) is 10.2 Å². The third-order valence-corrected chi connectivity index (χ3v) is 15.6. The van der Waals surface area contributed by atoms with Gasteiger partial charge in [0.25, 0.3) is 5.91 Å². The van der Waals surface area contributed by atoms with E-state index >= 15 is 0 Å². The largest absolute Gasteiger partial charge is 0.477 e. The monoisotopic (exact) mass is 1330 g/mol. The summed E-state index contributed by atoms with van der Waals surface area (Å²) >= 11 is 13.3. The van der Waals surface area contributed by atoms with E-state index in [0.717, 1.165) is 53.6 Å². The first kappa shape index (κ1) is 64.9. The summed E-state index contributed by atoms with van der Waals surface area (Å²) < 4.78 is 41.4. The Morgan fingerprint density at radius 2 is 0.897 bits per heavy atom. The van der Waals surface area contributed by atoms with Gasteiger partial charge in [-0.05, 0) is 86.3 Å². The van der Waals surface area contributed by atoms with Gasteiger partial charge in [-0.25, -0.2) is 43.5 Å². The average molecular weight is 1330 g/mol. The highest BCUT2D eigenvalue weighted by Crippen LogP contribution is 2.39. The number of carboxylic acid groups (broad SMARTS) is 1. The van der Waals surface area contributed by atoms with Crippen LogP contribution in [0.3, 0.4) is 0 Å². The Labute approximate surface area is 562 Å². The number of nitrogens with two attached hydrogens (primary N) is 1. The fourth-order valence-corrected chi connectivity index (χ4v) is 10.1. The quantitative estimate of drug-likeness (QED) is 0.0717. The molecule has 2 aliphatic carbocycles. The first-order chi connectivity index (χ1) is 47.2. The van der Waals surface area contributed by atoms with Gasteiger partial charge < -0.3 is 25.6 Å². The number of amides is 1. The van der Waals surface area contributed by atoms with E-state index in [-0.39, 0.29) is 51.3 Å². The van der Waals surface area contributed by atoms with Crippen LogP contribution in [0.2, 0.25) is 10.0 Å². The highest BCUT2D eigenvalue weighted by atomic mass is 35.5. The van der Waals surface area contributed by atoms with Crippen molar-refractivity contribution in [3.8, 4) is 45.8 Å². The van der Waals surface area contributed by atoms with Gasteiger partial charge in [0.2, 0.25) is 22.6 Å². The van der Waals surface area contributed by atoms with Crippen molar-refractivity contribution in [1.82, 2.24) is 39.5 Å². The number of aromatic nitrogens is 8. The van der Waals surface area contributed by atoms with Gasteiger partial charge in [0.05, 0.1) is 47.3 Å². The van der Waals surface area contributed by atoms with Gasteiger partial charge >= 0.3 is 5.97 Å². The zero-order valence-corrected chi connectivity index (χ0v) is 52.5. The molecule has 0 unspecified atom stereocenters. The number of aromatic carboxylic acids is 1. The summed E-state index contributed by atoms with van der Waals surface area (Å²) in [6.45, 7) is 0. The van der Waals surface area contributed by atoms with Crippen LogP contribution in [0.1, 0.15) is 80.7 Å². The number of halogens is 4. The van der Waals surface area contributed by atoms with Crippen LogP contribution in [0.4, 0.5) is 31.8 Å². The molecule has 0 saturated heterocycles. The number of pyridine rings is 4. The molecule has 2 saturated carbocycles. The van der Waals surface area contributed by atoms with Gasteiger partial charge in [0.1, 0.15) is 44.2 Å². The topological polar surface area (TPSA) is 257 Å². The molecule has 6 aromatic heterocycles. The SMILES string of the molecule is Nc1ccc(Oc2ccnc(N=C(c3ccccc3)c3ccccc3)c2Cl)nc1.O=C(Nc1ccc(Oc2ccnc(N=C(c3ccccc3)c3ccccc3)c2Cl)nc1)c1cn(C2CC2)nc(-c2ccc(F)cc2)c1=O.O=C(O)c1cn(C2CC2)nc(-c2ccc(F)cc2)c1=O. The average Bonchev–Trinajstić information content (AvgIpc) is 1.80. The number of benzene rings is 6. The van der Waals surface area contributed by atoms with E-state index in [4.69, 9.17) is 53.5 Å². The molecular formula is C74H54Cl2F2N12O7. The van der Waals surface area contributed by atoms with Crippen LogP contribution in [0.15, 0.2) is 263 Å².